The van der Waals surface area contributed by atoms with Crippen molar-refractivity contribution in [3.8, 4) is 5.88 Å². The van der Waals surface area contributed by atoms with E-state index < -0.39 is 0 Å². The minimum Gasteiger partial charge on any atom is -0.474 e. The zero-order chi connectivity index (χ0) is 22.3. The minimum atomic E-state index is 0.380. The van der Waals surface area contributed by atoms with Crippen LogP contribution in [0.25, 0.3) is 0 Å². The summed E-state index contributed by atoms with van der Waals surface area (Å²) in [5.74, 6) is 1.71. The molecule has 3 rings (SSSR count). The molecule has 0 amide bonds. The van der Waals surface area contributed by atoms with Gasteiger partial charge in [0.2, 0.25) is 11.8 Å². The highest BCUT2D eigenvalue weighted by molar-refractivity contribution is 5.35. The number of unbranched alkanes of at least 4 members (excludes halogenated alkanes) is 13. The summed E-state index contributed by atoms with van der Waals surface area (Å²) in [4.78, 5) is 12.0. The number of anilines is 1. The van der Waals surface area contributed by atoms with Gasteiger partial charge < -0.3 is 9.64 Å². The van der Waals surface area contributed by atoms with Gasteiger partial charge in [-0.1, -0.05) is 90.4 Å². The van der Waals surface area contributed by atoms with Gasteiger partial charge in [0.15, 0.2) is 0 Å². The Hall–Kier alpha value is -1.32. The predicted molar refractivity (Wildman–Crippen MR) is 136 cm³/mol. The van der Waals surface area contributed by atoms with Gasteiger partial charge in [0.1, 0.15) is 6.10 Å². The van der Waals surface area contributed by atoms with Gasteiger partial charge in [-0.05, 0) is 44.9 Å². The molecule has 0 aromatic carbocycles. The fourth-order valence-electron chi connectivity index (χ4n) is 4.87. The predicted octanol–water partition coefficient (Wildman–Crippen LogP) is 8.03. The van der Waals surface area contributed by atoms with Crippen molar-refractivity contribution in [2.75, 3.05) is 18.0 Å². The number of hydrogen-bond acceptors (Lipinski definition) is 4. The van der Waals surface area contributed by atoms with Crippen LogP contribution in [0.3, 0.4) is 0 Å². The van der Waals surface area contributed by atoms with Gasteiger partial charge in [-0.3, -0.25) is 0 Å². The van der Waals surface area contributed by atoms with Gasteiger partial charge in [0, 0.05) is 24.8 Å². The number of aromatic nitrogens is 2. The highest BCUT2D eigenvalue weighted by atomic mass is 16.5. The largest absolute Gasteiger partial charge is 0.474 e. The van der Waals surface area contributed by atoms with Gasteiger partial charge in [-0.2, -0.15) is 4.98 Å². The molecule has 1 aromatic rings. The van der Waals surface area contributed by atoms with Crippen LogP contribution in [0.2, 0.25) is 0 Å². The molecule has 2 aliphatic rings. The lowest BCUT2D eigenvalue weighted by molar-refractivity contribution is 0.114. The fourth-order valence-corrected chi connectivity index (χ4v) is 4.87. The summed E-state index contributed by atoms with van der Waals surface area (Å²) in [6, 6.07) is 2.11. The zero-order valence-corrected chi connectivity index (χ0v) is 21.0. The molecule has 0 unspecified atom stereocenters. The second kappa shape index (κ2) is 15.5. The molecule has 0 spiro atoms. The molecule has 1 aromatic heterocycles. The van der Waals surface area contributed by atoms with Gasteiger partial charge in [0.05, 0.1) is 0 Å². The SMILES string of the molecule is CCCCCCCCCCCCCCCCc1cc(OC2CCC2)nc(N2CCCC2)n1. The number of hydrogen-bond donors (Lipinski definition) is 0. The maximum atomic E-state index is 6.14. The van der Waals surface area contributed by atoms with Gasteiger partial charge >= 0.3 is 0 Å². The van der Waals surface area contributed by atoms with Crippen molar-refractivity contribution in [2.45, 2.75) is 141 Å². The highest BCUT2D eigenvalue weighted by Crippen LogP contribution is 2.27. The lowest BCUT2D eigenvalue weighted by atomic mass is 9.96. The van der Waals surface area contributed by atoms with E-state index in [-0.39, 0.29) is 0 Å². The Kier molecular flexibility index (Phi) is 12.3. The van der Waals surface area contributed by atoms with E-state index in [0.717, 1.165) is 31.3 Å². The summed E-state index contributed by atoms with van der Waals surface area (Å²) >= 11 is 0. The Bertz CT molecular complexity index is 611. The minimum absolute atomic E-state index is 0.380. The molecule has 32 heavy (non-hydrogen) atoms. The molecule has 2 fully saturated rings. The van der Waals surface area contributed by atoms with Gasteiger partial charge in [-0.25, -0.2) is 4.98 Å². The van der Waals surface area contributed by atoms with Crippen LogP contribution in [0.1, 0.15) is 135 Å². The van der Waals surface area contributed by atoms with E-state index in [2.05, 4.69) is 17.9 Å². The third-order valence-corrected chi connectivity index (χ3v) is 7.26. The Morgan fingerprint density at radius 3 is 1.84 bits per heavy atom. The van der Waals surface area contributed by atoms with Crippen LogP contribution in [0.15, 0.2) is 6.07 Å². The first-order chi connectivity index (χ1) is 15.8. The lowest BCUT2D eigenvalue weighted by Gasteiger charge is -2.26. The Morgan fingerprint density at radius 2 is 1.31 bits per heavy atom. The lowest BCUT2D eigenvalue weighted by Crippen LogP contribution is -2.26. The third kappa shape index (κ3) is 9.67. The first-order valence-electron chi connectivity index (χ1n) is 14.1. The van der Waals surface area contributed by atoms with E-state index in [1.165, 1.54) is 128 Å². The molecule has 0 N–H and O–H groups in total. The maximum absolute atomic E-state index is 6.14. The van der Waals surface area contributed by atoms with Gasteiger partial charge in [-0.15, -0.1) is 0 Å². The fraction of sp³-hybridized carbons (Fsp3) is 0.857. The van der Waals surface area contributed by atoms with Crippen molar-refractivity contribution in [1.82, 2.24) is 9.97 Å². The molecule has 4 nitrogen and oxygen atoms in total. The van der Waals surface area contributed by atoms with E-state index in [9.17, 15) is 0 Å². The van der Waals surface area contributed by atoms with Crippen molar-refractivity contribution in [3.05, 3.63) is 11.8 Å². The maximum Gasteiger partial charge on any atom is 0.228 e. The number of nitrogens with zero attached hydrogens (tertiary/aromatic N) is 3. The molecule has 1 saturated carbocycles. The Labute approximate surface area is 197 Å². The summed E-state index contributed by atoms with van der Waals surface area (Å²) in [6.45, 7) is 4.47. The van der Waals surface area contributed by atoms with Crippen LogP contribution in [-0.4, -0.2) is 29.2 Å². The van der Waals surface area contributed by atoms with Crippen molar-refractivity contribution < 1.29 is 4.74 Å². The summed E-state index contributed by atoms with van der Waals surface area (Å²) in [6.07, 6.45) is 27.2. The van der Waals surface area contributed by atoms with E-state index >= 15 is 0 Å². The second-order valence-corrected chi connectivity index (χ2v) is 10.2. The number of ether oxygens (including phenoxy) is 1. The molecule has 0 radical (unpaired) electrons. The van der Waals surface area contributed by atoms with Gasteiger partial charge in [0.25, 0.3) is 0 Å². The quantitative estimate of drug-likeness (QED) is 0.215. The van der Waals surface area contributed by atoms with Crippen molar-refractivity contribution in [3.63, 3.8) is 0 Å². The molecule has 1 aliphatic heterocycles. The standard InChI is InChI=1S/C28H49N3O/c1-2-3-4-5-6-7-8-9-10-11-12-13-14-15-19-25-24-27(32-26-20-18-21-26)30-28(29-25)31-22-16-17-23-31/h24,26H,2-23H2,1H3. The van der Waals surface area contributed by atoms with E-state index in [0.29, 0.717) is 6.10 Å². The Morgan fingerprint density at radius 1 is 0.750 bits per heavy atom. The van der Waals surface area contributed by atoms with E-state index in [1.54, 1.807) is 0 Å². The van der Waals surface area contributed by atoms with Crippen LogP contribution in [0, 0.1) is 0 Å². The molecule has 1 aliphatic carbocycles. The molecule has 4 heteroatoms. The second-order valence-electron chi connectivity index (χ2n) is 10.2. The van der Waals surface area contributed by atoms with Crippen molar-refractivity contribution in [2.24, 2.45) is 0 Å². The van der Waals surface area contributed by atoms with E-state index in [1.807, 2.05) is 0 Å². The average molecular weight is 444 g/mol. The molecule has 0 bridgehead atoms. The number of rotatable bonds is 18. The van der Waals surface area contributed by atoms with Crippen molar-refractivity contribution >= 4 is 5.95 Å². The van der Waals surface area contributed by atoms with Crippen LogP contribution in [0.4, 0.5) is 5.95 Å². The topological polar surface area (TPSA) is 38.2 Å². The molecular weight excluding hydrogens is 394 g/mol. The molecule has 2 heterocycles. The van der Waals surface area contributed by atoms with E-state index in [4.69, 9.17) is 14.7 Å². The summed E-state index contributed by atoms with van der Waals surface area (Å²) in [5.41, 5.74) is 1.18. The molecular formula is C28H49N3O. The van der Waals surface area contributed by atoms with Crippen LogP contribution >= 0.6 is 0 Å². The summed E-state index contributed by atoms with van der Waals surface area (Å²) < 4.78 is 6.14. The molecule has 1 saturated heterocycles. The molecule has 182 valence electrons. The first kappa shape index (κ1) is 25.3. The monoisotopic (exact) mass is 443 g/mol. The third-order valence-electron chi connectivity index (χ3n) is 7.26. The summed E-state index contributed by atoms with van der Waals surface area (Å²) in [5, 5.41) is 0. The zero-order valence-electron chi connectivity index (χ0n) is 21.0. The average Bonchev–Trinajstić information content (AvgIpc) is 3.31. The van der Waals surface area contributed by atoms with Crippen LogP contribution in [-0.2, 0) is 6.42 Å². The summed E-state index contributed by atoms with van der Waals surface area (Å²) in [7, 11) is 0. The smallest absolute Gasteiger partial charge is 0.228 e. The Balaban J connectivity index is 1.25. The number of aryl methyl sites for hydroxylation is 1. The van der Waals surface area contributed by atoms with Crippen molar-refractivity contribution in [1.29, 1.82) is 0 Å². The normalized spacial score (nSPS) is 16.5. The van der Waals surface area contributed by atoms with Crippen LogP contribution in [0.5, 0.6) is 5.88 Å². The van der Waals surface area contributed by atoms with Crippen LogP contribution < -0.4 is 9.64 Å². The highest BCUT2D eigenvalue weighted by Gasteiger charge is 2.22. The first-order valence-corrected chi connectivity index (χ1v) is 14.1. The molecule has 0 atom stereocenters.